The Hall–Kier alpha value is -2.88. The van der Waals surface area contributed by atoms with Crippen LogP contribution in [0.2, 0.25) is 0 Å². The zero-order valence-corrected chi connectivity index (χ0v) is 20.5. The maximum Gasteiger partial charge on any atom is 0.416 e. The van der Waals surface area contributed by atoms with Gasteiger partial charge in [-0.1, -0.05) is 32.3 Å². The molecule has 0 radical (unpaired) electrons. The van der Waals surface area contributed by atoms with Crippen LogP contribution in [-0.4, -0.2) is 26.7 Å². The summed E-state index contributed by atoms with van der Waals surface area (Å²) in [6.07, 6.45) is 1.08. The van der Waals surface area contributed by atoms with E-state index in [0.29, 0.717) is 18.1 Å². The summed E-state index contributed by atoms with van der Waals surface area (Å²) in [5, 5.41) is 2.53. The van der Waals surface area contributed by atoms with Crippen LogP contribution < -0.4 is 10.2 Å². The van der Waals surface area contributed by atoms with Gasteiger partial charge in [-0.15, -0.1) is 4.40 Å². The number of unbranched alkanes of at least 4 members (excludes halogenated alkanes) is 1. The minimum Gasteiger partial charge on any atom is -0.328 e. The topological polar surface area (TPSA) is 78.8 Å². The van der Waals surface area contributed by atoms with Crippen LogP contribution in [0, 0.1) is 12.8 Å². The maximum absolute atomic E-state index is 13.2. The fourth-order valence-electron chi connectivity index (χ4n) is 4.67. The molecular weight excluding hydrogens is 479 g/mol. The van der Waals surface area contributed by atoms with Gasteiger partial charge in [0.15, 0.2) is 0 Å². The number of rotatable bonds is 6. The van der Waals surface area contributed by atoms with Crippen molar-refractivity contribution in [2.24, 2.45) is 10.3 Å². The standard InChI is InChI=1S/C25H28F3N3O3S/c1-3-4-13-31-21-12-11-19(15-22(21)35(33,34)30-23(31)17-7-5-6-8-17)29-24(32)18-10-9-16(2)20(14-18)25(26,27)28/h9-12,14-15,17H,3-8,13H2,1-2H3,(H,29,32). The van der Waals surface area contributed by atoms with Crippen molar-refractivity contribution >= 4 is 33.1 Å². The van der Waals surface area contributed by atoms with E-state index in [2.05, 4.69) is 16.6 Å². The lowest BCUT2D eigenvalue weighted by atomic mass is 10.0. The van der Waals surface area contributed by atoms with Gasteiger partial charge in [-0.3, -0.25) is 4.79 Å². The third-order valence-corrected chi connectivity index (χ3v) is 7.85. The van der Waals surface area contributed by atoms with E-state index in [1.165, 1.54) is 25.1 Å². The molecule has 1 aliphatic carbocycles. The highest BCUT2D eigenvalue weighted by molar-refractivity contribution is 7.90. The zero-order valence-electron chi connectivity index (χ0n) is 19.7. The number of amides is 1. The summed E-state index contributed by atoms with van der Waals surface area (Å²) in [5.74, 6) is -0.0836. The van der Waals surface area contributed by atoms with Crippen molar-refractivity contribution in [3.63, 3.8) is 0 Å². The molecule has 1 aliphatic heterocycles. The van der Waals surface area contributed by atoms with E-state index in [9.17, 15) is 26.4 Å². The smallest absolute Gasteiger partial charge is 0.328 e. The van der Waals surface area contributed by atoms with Crippen molar-refractivity contribution < 1.29 is 26.4 Å². The first-order valence-electron chi connectivity index (χ1n) is 11.8. The average Bonchev–Trinajstić information content (AvgIpc) is 3.33. The van der Waals surface area contributed by atoms with Gasteiger partial charge < -0.3 is 10.2 Å². The molecule has 188 valence electrons. The van der Waals surface area contributed by atoms with Crippen molar-refractivity contribution in [3.8, 4) is 0 Å². The van der Waals surface area contributed by atoms with E-state index < -0.39 is 27.7 Å². The van der Waals surface area contributed by atoms with Gasteiger partial charge in [-0.25, -0.2) is 0 Å². The summed E-state index contributed by atoms with van der Waals surface area (Å²) in [6, 6.07) is 7.87. The molecular formula is C25H28F3N3O3S. The van der Waals surface area contributed by atoms with Gasteiger partial charge in [-0.2, -0.15) is 21.6 Å². The number of aryl methyl sites for hydroxylation is 1. The molecule has 2 aliphatic rings. The number of hydrogen-bond donors (Lipinski definition) is 1. The van der Waals surface area contributed by atoms with Crippen LogP contribution in [0.4, 0.5) is 24.5 Å². The summed E-state index contributed by atoms with van der Waals surface area (Å²) in [4.78, 5) is 14.6. The Kier molecular flexibility index (Phi) is 6.95. The molecule has 35 heavy (non-hydrogen) atoms. The number of fused-ring (bicyclic) bond motifs is 1. The van der Waals surface area contributed by atoms with Crippen LogP contribution in [0.3, 0.4) is 0 Å². The molecule has 1 amide bonds. The second-order valence-corrected chi connectivity index (χ2v) is 10.6. The van der Waals surface area contributed by atoms with Crippen LogP contribution in [0.25, 0.3) is 0 Å². The van der Waals surface area contributed by atoms with Gasteiger partial charge in [0.05, 0.1) is 11.3 Å². The fourth-order valence-corrected chi connectivity index (χ4v) is 5.98. The molecule has 6 nitrogen and oxygen atoms in total. The Bertz CT molecular complexity index is 1270. The molecule has 0 unspecified atom stereocenters. The molecule has 4 rings (SSSR count). The quantitative estimate of drug-likeness (QED) is 0.508. The van der Waals surface area contributed by atoms with Crippen molar-refractivity contribution in [2.75, 3.05) is 16.8 Å². The van der Waals surface area contributed by atoms with Crippen LogP contribution in [0.5, 0.6) is 0 Å². The largest absolute Gasteiger partial charge is 0.416 e. The average molecular weight is 508 g/mol. The normalized spacial score (nSPS) is 17.7. The highest BCUT2D eigenvalue weighted by Crippen LogP contribution is 2.39. The molecule has 0 bridgehead atoms. The number of benzene rings is 2. The lowest BCUT2D eigenvalue weighted by Crippen LogP contribution is -2.40. The first-order valence-corrected chi connectivity index (χ1v) is 13.2. The number of halogens is 3. The number of amidine groups is 1. The van der Waals surface area contributed by atoms with Crippen molar-refractivity contribution in [1.29, 1.82) is 0 Å². The third-order valence-electron chi connectivity index (χ3n) is 6.54. The van der Waals surface area contributed by atoms with Crippen molar-refractivity contribution in [1.82, 2.24) is 0 Å². The Balaban J connectivity index is 1.66. The predicted molar refractivity (Wildman–Crippen MR) is 129 cm³/mol. The number of carbonyl (C=O) groups excluding carboxylic acids is 1. The molecule has 2 aromatic carbocycles. The molecule has 1 N–H and O–H groups in total. The summed E-state index contributed by atoms with van der Waals surface area (Å²) >= 11 is 0. The van der Waals surface area contributed by atoms with Crippen LogP contribution in [0.15, 0.2) is 45.7 Å². The minimum absolute atomic E-state index is 0.0111. The maximum atomic E-state index is 13.2. The summed E-state index contributed by atoms with van der Waals surface area (Å²) in [7, 11) is -3.99. The number of nitrogens with zero attached hydrogens (tertiary/aromatic N) is 2. The molecule has 0 aromatic heterocycles. The van der Waals surface area contributed by atoms with Crippen LogP contribution in [-0.2, 0) is 16.2 Å². The Labute approximate surface area is 203 Å². The van der Waals surface area contributed by atoms with E-state index >= 15 is 0 Å². The van der Waals surface area contributed by atoms with E-state index in [-0.39, 0.29) is 27.6 Å². The zero-order chi connectivity index (χ0) is 25.4. The predicted octanol–water partition coefficient (Wildman–Crippen LogP) is 6.16. The lowest BCUT2D eigenvalue weighted by molar-refractivity contribution is -0.138. The van der Waals surface area contributed by atoms with E-state index in [0.717, 1.165) is 44.6 Å². The van der Waals surface area contributed by atoms with Crippen molar-refractivity contribution in [3.05, 3.63) is 53.1 Å². The van der Waals surface area contributed by atoms with Gasteiger partial charge in [0.2, 0.25) is 0 Å². The Morgan fingerprint density at radius 3 is 2.51 bits per heavy atom. The highest BCUT2D eigenvalue weighted by atomic mass is 32.2. The SMILES string of the molecule is CCCCN1C(C2CCCC2)=NS(=O)(=O)c2cc(NC(=O)c3ccc(C)c(C(F)(F)F)c3)ccc21. The second-order valence-electron chi connectivity index (χ2n) is 9.08. The van der Waals surface area contributed by atoms with Gasteiger partial charge in [-0.05, 0) is 62.1 Å². The second kappa shape index (κ2) is 9.64. The summed E-state index contributed by atoms with van der Waals surface area (Å²) < 4.78 is 70.1. The first kappa shape index (κ1) is 25.2. The third kappa shape index (κ3) is 5.22. The van der Waals surface area contributed by atoms with Gasteiger partial charge in [0.1, 0.15) is 10.7 Å². The minimum atomic E-state index is -4.59. The number of anilines is 2. The van der Waals surface area contributed by atoms with Gasteiger partial charge in [0.25, 0.3) is 15.9 Å². The van der Waals surface area contributed by atoms with Crippen molar-refractivity contribution in [2.45, 2.75) is 63.4 Å². The molecule has 0 spiro atoms. The van der Waals surface area contributed by atoms with E-state index in [4.69, 9.17) is 0 Å². The Morgan fingerprint density at radius 1 is 1.14 bits per heavy atom. The lowest BCUT2D eigenvalue weighted by Gasteiger charge is -2.33. The van der Waals surface area contributed by atoms with E-state index in [1.807, 2.05) is 4.90 Å². The number of nitrogens with one attached hydrogen (secondary N) is 1. The fraction of sp³-hybridized carbons (Fsp3) is 0.440. The number of sulfonamides is 1. The first-order chi connectivity index (χ1) is 16.5. The summed E-state index contributed by atoms with van der Waals surface area (Å²) in [5.41, 5.74) is -0.366. The van der Waals surface area contributed by atoms with E-state index in [1.54, 1.807) is 12.1 Å². The highest BCUT2D eigenvalue weighted by Gasteiger charge is 2.36. The number of carbonyl (C=O) groups is 1. The number of alkyl halides is 3. The number of hydrogen-bond acceptors (Lipinski definition) is 4. The molecule has 0 saturated heterocycles. The van der Waals surface area contributed by atoms with Crippen LogP contribution in [0.1, 0.15) is 66.9 Å². The molecule has 1 heterocycles. The van der Waals surface area contributed by atoms with Gasteiger partial charge in [0, 0.05) is 23.7 Å². The van der Waals surface area contributed by atoms with Crippen LogP contribution >= 0.6 is 0 Å². The molecule has 1 fully saturated rings. The molecule has 0 atom stereocenters. The molecule has 1 saturated carbocycles. The molecule has 2 aromatic rings. The summed E-state index contributed by atoms with van der Waals surface area (Å²) in [6.45, 7) is 4.01. The Morgan fingerprint density at radius 2 is 1.86 bits per heavy atom. The molecule has 10 heteroatoms. The van der Waals surface area contributed by atoms with Gasteiger partial charge >= 0.3 is 6.18 Å². The monoisotopic (exact) mass is 507 g/mol.